The van der Waals surface area contributed by atoms with Gasteiger partial charge in [-0.05, 0) is 52.2 Å². The van der Waals surface area contributed by atoms with Crippen LogP contribution in [-0.4, -0.2) is 19.6 Å². The summed E-state index contributed by atoms with van der Waals surface area (Å²) in [6.07, 6.45) is 1.11. The molecule has 1 unspecified atom stereocenters. The average Bonchev–Trinajstić information content (AvgIpc) is 2.58. The molecule has 5 heteroatoms. The Balaban J connectivity index is 2.30. The van der Waals surface area contributed by atoms with Crippen molar-refractivity contribution in [3.8, 4) is 5.75 Å². The van der Waals surface area contributed by atoms with E-state index in [1.165, 1.54) is 0 Å². The second-order valence-electron chi connectivity index (χ2n) is 5.20. The minimum atomic E-state index is -0.205. The second-order valence-corrected chi connectivity index (χ2v) is 6.05. The average molecular weight is 377 g/mol. The highest BCUT2D eigenvalue weighted by Crippen LogP contribution is 2.30. The summed E-state index contributed by atoms with van der Waals surface area (Å²) < 4.78 is 6.13. The van der Waals surface area contributed by atoms with Gasteiger partial charge < -0.3 is 15.8 Å². The van der Waals surface area contributed by atoms with Crippen LogP contribution in [0.5, 0.6) is 5.75 Å². The Bertz CT molecular complexity index is 647. The third-order valence-electron chi connectivity index (χ3n) is 3.56. The molecule has 0 aliphatic carbocycles. The largest absolute Gasteiger partial charge is 0.496 e. The van der Waals surface area contributed by atoms with Crippen molar-refractivity contribution < 1.29 is 9.53 Å². The summed E-state index contributed by atoms with van der Waals surface area (Å²) in [4.78, 5) is 12.2. The number of carbonyl (C=O) groups is 1. The van der Waals surface area contributed by atoms with Crippen molar-refractivity contribution in [1.29, 1.82) is 0 Å². The Hall–Kier alpha value is -1.85. The Morgan fingerprint density at radius 2 is 1.96 bits per heavy atom. The van der Waals surface area contributed by atoms with E-state index in [9.17, 15) is 4.79 Å². The molecule has 1 amide bonds. The summed E-state index contributed by atoms with van der Waals surface area (Å²) in [6.45, 7) is 0.511. The van der Waals surface area contributed by atoms with Crippen LogP contribution in [0, 0.1) is 0 Å². The smallest absolute Gasteiger partial charge is 0.220 e. The van der Waals surface area contributed by atoms with E-state index in [1.54, 1.807) is 7.11 Å². The van der Waals surface area contributed by atoms with E-state index >= 15 is 0 Å². The van der Waals surface area contributed by atoms with Gasteiger partial charge in [-0.3, -0.25) is 4.79 Å². The molecule has 2 rings (SSSR count). The number of rotatable bonds is 7. The number of ether oxygens (including phenoxy) is 1. The molecule has 2 aromatic rings. The molecule has 0 aliphatic rings. The highest BCUT2D eigenvalue weighted by Gasteiger charge is 2.17. The van der Waals surface area contributed by atoms with Gasteiger partial charge in [-0.25, -0.2) is 0 Å². The van der Waals surface area contributed by atoms with E-state index in [1.807, 2.05) is 48.5 Å². The van der Waals surface area contributed by atoms with Gasteiger partial charge in [-0.1, -0.05) is 36.4 Å². The van der Waals surface area contributed by atoms with Crippen LogP contribution in [0.4, 0.5) is 0 Å². The normalized spacial score (nSPS) is 11.8. The molecule has 0 fully saturated rings. The van der Waals surface area contributed by atoms with Crippen LogP contribution < -0.4 is 15.8 Å². The molecule has 3 N–H and O–H groups in total. The van der Waals surface area contributed by atoms with E-state index in [2.05, 4.69) is 21.2 Å². The summed E-state index contributed by atoms with van der Waals surface area (Å²) in [5.74, 6) is 0.756. The minimum Gasteiger partial charge on any atom is -0.496 e. The van der Waals surface area contributed by atoms with Crippen LogP contribution in [0.2, 0.25) is 0 Å². The lowest BCUT2D eigenvalue weighted by Crippen LogP contribution is -2.29. The summed E-state index contributed by atoms with van der Waals surface area (Å²) in [6, 6.07) is 15.5. The van der Waals surface area contributed by atoms with Gasteiger partial charge in [-0.15, -0.1) is 0 Å². The van der Waals surface area contributed by atoms with Crippen LogP contribution in [0.25, 0.3) is 0 Å². The third-order valence-corrected chi connectivity index (χ3v) is 4.18. The standard InChI is InChI=1S/C18H21BrN2O2/c1-23-16-10-9-14(12-15(16)19)18(13-6-3-2-4-7-13)21-17(22)8-5-11-20/h2-4,6-7,9-10,12,18H,5,8,11,20H2,1H3,(H,21,22). The molecule has 0 aliphatic heterocycles. The molecule has 1 atom stereocenters. The Labute approximate surface area is 145 Å². The van der Waals surface area contributed by atoms with Crippen molar-refractivity contribution in [2.45, 2.75) is 18.9 Å². The van der Waals surface area contributed by atoms with E-state index in [0.29, 0.717) is 19.4 Å². The van der Waals surface area contributed by atoms with Crippen LogP contribution >= 0.6 is 15.9 Å². The number of nitrogens with two attached hydrogens (primary N) is 1. The maximum atomic E-state index is 12.2. The Morgan fingerprint density at radius 1 is 1.22 bits per heavy atom. The number of nitrogens with one attached hydrogen (secondary N) is 1. The number of methoxy groups -OCH3 is 1. The highest BCUT2D eigenvalue weighted by atomic mass is 79.9. The second kappa shape index (κ2) is 8.70. The first kappa shape index (κ1) is 17.5. The predicted octanol–water partition coefficient (Wildman–Crippen LogP) is 3.40. The van der Waals surface area contributed by atoms with E-state index in [4.69, 9.17) is 10.5 Å². The summed E-state index contributed by atoms with van der Waals surface area (Å²) in [7, 11) is 1.63. The topological polar surface area (TPSA) is 64.3 Å². The van der Waals surface area contributed by atoms with Gasteiger partial charge in [0.05, 0.1) is 17.6 Å². The molecule has 2 aromatic carbocycles. The van der Waals surface area contributed by atoms with E-state index < -0.39 is 0 Å². The fourth-order valence-corrected chi connectivity index (χ4v) is 2.92. The van der Waals surface area contributed by atoms with Crippen molar-refractivity contribution in [3.05, 3.63) is 64.1 Å². The first-order valence-electron chi connectivity index (χ1n) is 7.53. The first-order chi connectivity index (χ1) is 11.2. The number of halogens is 1. The van der Waals surface area contributed by atoms with Crippen LogP contribution in [0.3, 0.4) is 0 Å². The lowest BCUT2D eigenvalue weighted by Gasteiger charge is -2.20. The monoisotopic (exact) mass is 376 g/mol. The number of amides is 1. The van der Waals surface area contributed by atoms with Crippen LogP contribution in [0.15, 0.2) is 53.0 Å². The van der Waals surface area contributed by atoms with Gasteiger partial charge in [-0.2, -0.15) is 0 Å². The molecule has 4 nitrogen and oxygen atoms in total. The lowest BCUT2D eigenvalue weighted by molar-refractivity contribution is -0.121. The molecule has 0 saturated heterocycles. The van der Waals surface area contributed by atoms with Gasteiger partial charge in [0.1, 0.15) is 5.75 Å². The molecule has 23 heavy (non-hydrogen) atoms. The molecule has 0 spiro atoms. The number of carbonyl (C=O) groups excluding carboxylic acids is 1. The van der Waals surface area contributed by atoms with Crippen molar-refractivity contribution in [2.24, 2.45) is 5.73 Å². The molecule has 0 bridgehead atoms. The maximum Gasteiger partial charge on any atom is 0.220 e. The number of hydrogen-bond acceptors (Lipinski definition) is 3. The van der Waals surface area contributed by atoms with Crippen molar-refractivity contribution in [3.63, 3.8) is 0 Å². The van der Waals surface area contributed by atoms with Crippen molar-refractivity contribution in [2.75, 3.05) is 13.7 Å². The van der Waals surface area contributed by atoms with E-state index in [-0.39, 0.29) is 11.9 Å². The SMILES string of the molecule is COc1ccc(C(NC(=O)CCCN)c2ccccc2)cc1Br. The van der Waals surface area contributed by atoms with Crippen molar-refractivity contribution >= 4 is 21.8 Å². The zero-order valence-corrected chi connectivity index (χ0v) is 14.7. The minimum absolute atomic E-state index is 0.00348. The molecular weight excluding hydrogens is 356 g/mol. The zero-order chi connectivity index (χ0) is 16.7. The van der Waals surface area contributed by atoms with Gasteiger partial charge in [0.25, 0.3) is 0 Å². The molecule has 0 saturated carbocycles. The van der Waals surface area contributed by atoms with Crippen molar-refractivity contribution in [1.82, 2.24) is 5.32 Å². The number of hydrogen-bond donors (Lipinski definition) is 2. The lowest BCUT2D eigenvalue weighted by atomic mass is 9.98. The third kappa shape index (κ3) is 4.81. The highest BCUT2D eigenvalue weighted by molar-refractivity contribution is 9.10. The maximum absolute atomic E-state index is 12.2. The summed E-state index contributed by atoms with van der Waals surface area (Å²) in [5, 5.41) is 3.09. The van der Waals surface area contributed by atoms with E-state index in [0.717, 1.165) is 21.3 Å². The van der Waals surface area contributed by atoms with Crippen LogP contribution in [0.1, 0.15) is 30.0 Å². The molecule has 122 valence electrons. The zero-order valence-electron chi connectivity index (χ0n) is 13.1. The van der Waals surface area contributed by atoms with Crippen LogP contribution in [-0.2, 0) is 4.79 Å². The Morgan fingerprint density at radius 3 is 2.57 bits per heavy atom. The number of benzene rings is 2. The van der Waals surface area contributed by atoms with Gasteiger partial charge >= 0.3 is 0 Å². The fraction of sp³-hybridized carbons (Fsp3) is 0.278. The quantitative estimate of drug-likeness (QED) is 0.777. The summed E-state index contributed by atoms with van der Waals surface area (Å²) in [5.41, 5.74) is 7.51. The summed E-state index contributed by atoms with van der Waals surface area (Å²) >= 11 is 3.50. The first-order valence-corrected chi connectivity index (χ1v) is 8.33. The molecule has 0 radical (unpaired) electrons. The van der Waals surface area contributed by atoms with Gasteiger partial charge in [0.2, 0.25) is 5.91 Å². The predicted molar refractivity (Wildman–Crippen MR) is 95.4 cm³/mol. The fourth-order valence-electron chi connectivity index (χ4n) is 2.36. The van der Waals surface area contributed by atoms with Gasteiger partial charge in [0.15, 0.2) is 0 Å². The molecular formula is C18H21BrN2O2. The van der Waals surface area contributed by atoms with Gasteiger partial charge in [0, 0.05) is 6.42 Å². The molecule has 0 heterocycles. The Kier molecular flexibility index (Phi) is 6.62. The molecule has 0 aromatic heterocycles.